The second kappa shape index (κ2) is 74.3. The van der Waals surface area contributed by atoms with Gasteiger partial charge >= 0.3 is 5.97 Å². The van der Waals surface area contributed by atoms with Gasteiger partial charge in [0.1, 0.15) is 0 Å². The van der Waals surface area contributed by atoms with Crippen molar-refractivity contribution in [1.82, 2.24) is 5.32 Å². The standard InChI is InChI=1S/C79H149NO5/c1-3-5-7-9-11-13-15-17-18-19-20-38-41-44-48-51-55-59-63-67-71-77(82)76(75-81)80-78(83)72-68-64-60-56-52-49-45-42-39-36-34-32-30-28-26-24-22-21-23-25-27-29-31-33-35-37-40-43-46-50-54-58-62-66-70-74-85-79(84)73-69-65-61-57-53-47-16-14-12-10-8-6-4-2/h8,10,14,16,23,25,67,71,76-77,81-82H,3-7,9,11-13,15,17-22,24,26-66,68-70,72-75H2,1-2H3,(H,80,83)/b10-8-,16-14-,25-23-,71-67+. The van der Waals surface area contributed by atoms with Crippen LogP contribution in [0.4, 0.5) is 0 Å². The van der Waals surface area contributed by atoms with Crippen LogP contribution in [0.3, 0.4) is 0 Å². The van der Waals surface area contributed by atoms with E-state index in [4.69, 9.17) is 4.74 Å². The van der Waals surface area contributed by atoms with Gasteiger partial charge in [-0.3, -0.25) is 9.59 Å². The molecular formula is C79H149NO5. The minimum Gasteiger partial charge on any atom is -0.466 e. The number of unbranched alkanes of at least 4 members (excludes halogenated alkanes) is 55. The number of ether oxygens (including phenoxy) is 1. The first-order valence-corrected chi connectivity index (χ1v) is 38.4. The molecule has 0 aliphatic carbocycles. The first kappa shape index (κ1) is 82.8. The minimum atomic E-state index is -0.843. The van der Waals surface area contributed by atoms with Crippen LogP contribution in [0.5, 0.6) is 0 Å². The average molecular weight is 1190 g/mol. The van der Waals surface area contributed by atoms with Crippen molar-refractivity contribution >= 4 is 11.9 Å². The monoisotopic (exact) mass is 1190 g/mol. The van der Waals surface area contributed by atoms with E-state index in [1.165, 1.54) is 340 Å². The van der Waals surface area contributed by atoms with Gasteiger partial charge in [-0.2, -0.15) is 0 Å². The second-order valence-electron chi connectivity index (χ2n) is 26.3. The SMILES string of the molecule is CCC/C=C\C/C=C\CCCCCCCC(=O)OCCCCCCCCCCCCCCCC/C=C\CCCCCCCCCCCCCCCCCCCC(=O)NC(CO)C(O)/C=C/CCCCCCCCCCCCCCCCCCCC. The molecule has 0 aromatic carbocycles. The molecule has 0 fully saturated rings. The maximum absolute atomic E-state index is 12.5. The highest BCUT2D eigenvalue weighted by atomic mass is 16.5. The molecule has 0 spiro atoms. The molecule has 0 rings (SSSR count). The molecular weight excluding hydrogens is 1040 g/mol. The van der Waals surface area contributed by atoms with E-state index in [1.807, 2.05) is 6.08 Å². The van der Waals surface area contributed by atoms with Crippen LogP contribution in [-0.4, -0.2) is 47.4 Å². The molecule has 500 valence electrons. The fourth-order valence-electron chi connectivity index (χ4n) is 12.0. The topological polar surface area (TPSA) is 95.9 Å². The van der Waals surface area contributed by atoms with E-state index in [-0.39, 0.29) is 18.5 Å². The third-order valence-corrected chi connectivity index (χ3v) is 17.8. The third-order valence-electron chi connectivity index (χ3n) is 17.8. The summed E-state index contributed by atoms with van der Waals surface area (Å²) in [5.74, 6) is -0.0559. The second-order valence-corrected chi connectivity index (χ2v) is 26.3. The van der Waals surface area contributed by atoms with Crippen molar-refractivity contribution in [2.45, 2.75) is 431 Å². The van der Waals surface area contributed by atoms with E-state index in [2.05, 4.69) is 55.6 Å². The van der Waals surface area contributed by atoms with Crippen LogP contribution >= 0.6 is 0 Å². The zero-order valence-electron chi connectivity index (χ0n) is 57.4. The van der Waals surface area contributed by atoms with Crippen molar-refractivity contribution in [2.24, 2.45) is 0 Å². The molecule has 2 unspecified atom stereocenters. The summed E-state index contributed by atoms with van der Waals surface area (Å²) < 4.78 is 5.48. The Morgan fingerprint density at radius 1 is 0.329 bits per heavy atom. The van der Waals surface area contributed by atoms with Crippen LogP contribution in [0.25, 0.3) is 0 Å². The van der Waals surface area contributed by atoms with Crippen LogP contribution < -0.4 is 5.32 Å². The maximum Gasteiger partial charge on any atom is 0.305 e. The summed E-state index contributed by atoms with van der Waals surface area (Å²) in [4.78, 5) is 24.6. The molecule has 0 aromatic rings. The molecule has 2 atom stereocenters. The summed E-state index contributed by atoms with van der Waals surface area (Å²) in [5.41, 5.74) is 0. The van der Waals surface area contributed by atoms with Crippen molar-refractivity contribution in [2.75, 3.05) is 13.2 Å². The quantitative estimate of drug-likeness (QED) is 0.0320. The first-order chi connectivity index (χ1) is 42.0. The largest absolute Gasteiger partial charge is 0.466 e. The van der Waals surface area contributed by atoms with E-state index in [9.17, 15) is 19.8 Å². The molecule has 85 heavy (non-hydrogen) atoms. The maximum atomic E-state index is 12.5. The van der Waals surface area contributed by atoms with Crippen molar-refractivity contribution < 1.29 is 24.5 Å². The predicted octanol–water partition coefficient (Wildman–Crippen LogP) is 25.2. The van der Waals surface area contributed by atoms with E-state index in [0.29, 0.717) is 19.4 Å². The lowest BCUT2D eigenvalue weighted by atomic mass is 10.0. The van der Waals surface area contributed by atoms with Crippen molar-refractivity contribution in [3.63, 3.8) is 0 Å². The van der Waals surface area contributed by atoms with Gasteiger partial charge in [0.05, 0.1) is 25.4 Å². The number of aliphatic hydroxyl groups is 2. The highest BCUT2D eigenvalue weighted by Gasteiger charge is 2.18. The molecule has 0 saturated carbocycles. The molecule has 1 amide bonds. The van der Waals surface area contributed by atoms with Gasteiger partial charge in [0.2, 0.25) is 5.91 Å². The normalized spacial score (nSPS) is 12.8. The summed E-state index contributed by atoms with van der Waals surface area (Å²) >= 11 is 0. The van der Waals surface area contributed by atoms with Gasteiger partial charge < -0.3 is 20.3 Å². The van der Waals surface area contributed by atoms with Crippen LogP contribution in [-0.2, 0) is 14.3 Å². The molecule has 3 N–H and O–H groups in total. The number of nitrogens with one attached hydrogen (secondary N) is 1. The fraction of sp³-hybridized carbons (Fsp3) is 0.873. The molecule has 0 aliphatic heterocycles. The zero-order chi connectivity index (χ0) is 61.3. The molecule has 0 aliphatic rings. The number of carbonyl (C=O) groups excluding carboxylic acids is 2. The van der Waals surface area contributed by atoms with Gasteiger partial charge in [0, 0.05) is 12.8 Å². The Hall–Kier alpha value is -2.18. The van der Waals surface area contributed by atoms with E-state index < -0.39 is 12.1 Å². The number of hydrogen-bond acceptors (Lipinski definition) is 5. The summed E-state index contributed by atoms with van der Waals surface area (Å²) in [6, 6.07) is -0.626. The molecule has 0 radical (unpaired) electrons. The summed E-state index contributed by atoms with van der Waals surface area (Å²) in [5, 5.41) is 23.3. The fourth-order valence-corrected chi connectivity index (χ4v) is 12.0. The number of aliphatic hydroxyl groups excluding tert-OH is 2. The Labute approximate surface area is 531 Å². The molecule has 0 bridgehead atoms. The van der Waals surface area contributed by atoms with Crippen LogP contribution in [0.15, 0.2) is 48.6 Å². The number of hydrogen-bond donors (Lipinski definition) is 3. The van der Waals surface area contributed by atoms with Crippen molar-refractivity contribution in [3.8, 4) is 0 Å². The summed E-state index contributed by atoms with van der Waals surface area (Å²) in [6.45, 7) is 4.87. The molecule has 6 heteroatoms. The Kier molecular flexibility index (Phi) is 72.4. The molecule has 6 nitrogen and oxygen atoms in total. The van der Waals surface area contributed by atoms with E-state index in [1.54, 1.807) is 6.08 Å². The van der Waals surface area contributed by atoms with Crippen molar-refractivity contribution in [1.29, 1.82) is 0 Å². The number of amides is 1. The number of carbonyl (C=O) groups is 2. The van der Waals surface area contributed by atoms with Gasteiger partial charge in [-0.05, 0) is 83.5 Å². The zero-order valence-corrected chi connectivity index (χ0v) is 57.4. The average Bonchev–Trinajstić information content (AvgIpc) is 3.51. The Balaban J connectivity index is 3.37. The molecule has 0 saturated heterocycles. The van der Waals surface area contributed by atoms with Gasteiger partial charge in [-0.25, -0.2) is 0 Å². The van der Waals surface area contributed by atoms with Gasteiger partial charge in [-0.15, -0.1) is 0 Å². The Bertz CT molecular complexity index is 1420. The summed E-state index contributed by atoms with van der Waals surface area (Å²) in [7, 11) is 0. The minimum absolute atomic E-state index is 0.00478. The first-order valence-electron chi connectivity index (χ1n) is 38.4. The van der Waals surface area contributed by atoms with Crippen LogP contribution in [0.2, 0.25) is 0 Å². The number of allylic oxidation sites excluding steroid dienone is 7. The van der Waals surface area contributed by atoms with Gasteiger partial charge in [-0.1, -0.05) is 371 Å². The van der Waals surface area contributed by atoms with Crippen LogP contribution in [0.1, 0.15) is 418 Å². The lowest BCUT2D eigenvalue weighted by molar-refractivity contribution is -0.143. The third kappa shape index (κ3) is 70.8. The van der Waals surface area contributed by atoms with E-state index >= 15 is 0 Å². The van der Waals surface area contributed by atoms with Crippen molar-refractivity contribution in [3.05, 3.63) is 48.6 Å². The number of esters is 1. The Morgan fingerprint density at radius 3 is 0.953 bits per heavy atom. The van der Waals surface area contributed by atoms with Gasteiger partial charge in [0.25, 0.3) is 0 Å². The molecule has 0 aromatic heterocycles. The summed E-state index contributed by atoms with van der Waals surface area (Å²) in [6.07, 6.45) is 98.0. The Morgan fingerprint density at radius 2 is 0.612 bits per heavy atom. The lowest BCUT2D eigenvalue weighted by Crippen LogP contribution is -2.45. The van der Waals surface area contributed by atoms with E-state index in [0.717, 1.165) is 51.4 Å². The lowest BCUT2D eigenvalue weighted by Gasteiger charge is -2.20. The predicted molar refractivity (Wildman–Crippen MR) is 375 cm³/mol. The highest BCUT2D eigenvalue weighted by Crippen LogP contribution is 2.19. The molecule has 0 heterocycles. The smallest absolute Gasteiger partial charge is 0.305 e. The number of rotatable bonds is 72. The van der Waals surface area contributed by atoms with Crippen LogP contribution in [0, 0.1) is 0 Å². The van der Waals surface area contributed by atoms with Gasteiger partial charge in [0.15, 0.2) is 0 Å². The highest BCUT2D eigenvalue weighted by molar-refractivity contribution is 5.76.